The van der Waals surface area contributed by atoms with Crippen molar-refractivity contribution in [2.24, 2.45) is 0 Å². The van der Waals surface area contributed by atoms with Crippen LogP contribution in [0.4, 0.5) is 0 Å². The normalized spacial score (nSPS) is 9.60. The Morgan fingerprint density at radius 3 is 2.08 bits per heavy atom. The van der Waals surface area contributed by atoms with E-state index in [0.717, 1.165) is 5.56 Å². The highest BCUT2D eigenvalue weighted by molar-refractivity contribution is 5.94. The van der Waals surface area contributed by atoms with Crippen LogP contribution in [0.25, 0.3) is 0 Å². The Labute approximate surface area is 147 Å². The second-order valence-electron chi connectivity index (χ2n) is 5.28. The first-order chi connectivity index (χ1) is 12.0. The smallest absolute Gasteiger partial charge is 0.274 e. The lowest BCUT2D eigenvalue weighted by Gasteiger charge is -2.19. The minimum atomic E-state index is -0.481. The number of carbonyl (C=O) groups excluding carboxylic acids is 2. The topological polar surface area (TPSA) is 89.9 Å². The number of amides is 2. The lowest BCUT2D eigenvalue weighted by molar-refractivity contribution is 0.0705. The highest BCUT2D eigenvalue weighted by Crippen LogP contribution is 2.04. The fourth-order valence-corrected chi connectivity index (χ4v) is 2.06. The van der Waals surface area contributed by atoms with Gasteiger partial charge in [-0.25, -0.2) is 5.48 Å². The molecule has 0 heterocycles. The zero-order valence-electron chi connectivity index (χ0n) is 14.5. The van der Waals surface area contributed by atoms with Crippen molar-refractivity contribution in [1.29, 1.82) is 0 Å². The van der Waals surface area contributed by atoms with Gasteiger partial charge in [-0.2, -0.15) is 0 Å². The van der Waals surface area contributed by atoms with Gasteiger partial charge in [-0.3, -0.25) is 14.8 Å². The summed E-state index contributed by atoms with van der Waals surface area (Å²) < 4.78 is 0. The molecule has 6 heteroatoms. The molecule has 0 aliphatic heterocycles. The molecule has 2 aromatic rings. The van der Waals surface area contributed by atoms with Crippen LogP contribution in [0.15, 0.2) is 54.6 Å². The summed E-state index contributed by atoms with van der Waals surface area (Å²) in [6.07, 6.45) is 0. The Morgan fingerprint density at radius 1 is 1.00 bits per heavy atom. The molecule has 0 aliphatic carbocycles. The quantitative estimate of drug-likeness (QED) is 0.573. The van der Waals surface area contributed by atoms with Gasteiger partial charge in [0, 0.05) is 24.2 Å². The maximum Gasteiger partial charge on any atom is 0.274 e. The number of rotatable bonds is 5. The highest BCUT2D eigenvalue weighted by atomic mass is 16.5. The molecule has 0 radical (unpaired) electrons. The number of nitrogens with one attached hydrogen (secondary N) is 1. The van der Waals surface area contributed by atoms with Crippen molar-refractivity contribution in [3.05, 3.63) is 71.3 Å². The van der Waals surface area contributed by atoms with Crippen molar-refractivity contribution >= 4 is 11.8 Å². The molecule has 0 saturated carbocycles. The van der Waals surface area contributed by atoms with E-state index in [-0.39, 0.29) is 12.5 Å². The third kappa shape index (κ3) is 6.74. The molecular weight excluding hydrogens is 320 g/mol. The minimum Gasteiger partial charge on any atom is -0.395 e. The van der Waals surface area contributed by atoms with Crippen molar-refractivity contribution in [2.45, 2.75) is 13.8 Å². The molecule has 0 aliphatic rings. The molecule has 0 bridgehead atoms. The number of aliphatic hydroxyl groups is 1. The molecule has 0 atom stereocenters. The summed E-state index contributed by atoms with van der Waals surface area (Å²) in [7, 11) is 0. The molecule has 3 N–H and O–H groups in total. The first-order valence-electron chi connectivity index (χ1n) is 7.99. The number of likely N-dealkylation sites (N-methyl/N-ethyl adjacent to an activating group) is 1. The van der Waals surface area contributed by atoms with Gasteiger partial charge in [-0.1, -0.05) is 35.9 Å². The first-order valence-corrected chi connectivity index (χ1v) is 7.99. The fraction of sp³-hybridized carbons (Fsp3) is 0.263. The molecule has 6 nitrogen and oxygen atoms in total. The van der Waals surface area contributed by atoms with Gasteiger partial charge >= 0.3 is 0 Å². The molecule has 134 valence electrons. The van der Waals surface area contributed by atoms with E-state index in [1.807, 2.05) is 44.2 Å². The van der Waals surface area contributed by atoms with E-state index in [4.69, 9.17) is 10.3 Å². The summed E-state index contributed by atoms with van der Waals surface area (Å²) in [5.74, 6) is -0.507. The van der Waals surface area contributed by atoms with Gasteiger partial charge in [-0.05, 0) is 38.1 Å². The molecule has 2 amide bonds. The number of benzene rings is 2. The maximum absolute atomic E-state index is 11.8. The lowest BCUT2D eigenvalue weighted by Crippen LogP contribution is -2.33. The van der Waals surface area contributed by atoms with Crippen molar-refractivity contribution < 1.29 is 19.9 Å². The fourth-order valence-electron chi connectivity index (χ4n) is 2.06. The van der Waals surface area contributed by atoms with E-state index in [1.54, 1.807) is 34.6 Å². The van der Waals surface area contributed by atoms with Crippen molar-refractivity contribution in [3.8, 4) is 0 Å². The van der Waals surface area contributed by atoms with E-state index < -0.39 is 5.91 Å². The Bertz CT molecular complexity index is 657. The van der Waals surface area contributed by atoms with Crippen LogP contribution >= 0.6 is 0 Å². The van der Waals surface area contributed by atoms with Crippen LogP contribution in [0.1, 0.15) is 33.2 Å². The van der Waals surface area contributed by atoms with Crippen molar-refractivity contribution in [3.63, 3.8) is 0 Å². The van der Waals surface area contributed by atoms with Crippen LogP contribution in [0.2, 0.25) is 0 Å². The van der Waals surface area contributed by atoms with E-state index in [1.165, 1.54) is 0 Å². The summed E-state index contributed by atoms with van der Waals surface area (Å²) in [5, 5.41) is 17.0. The Kier molecular flexibility index (Phi) is 8.92. The van der Waals surface area contributed by atoms with E-state index in [2.05, 4.69) is 0 Å². The van der Waals surface area contributed by atoms with Crippen LogP contribution in [-0.4, -0.2) is 46.7 Å². The third-order valence-electron chi connectivity index (χ3n) is 3.47. The zero-order valence-corrected chi connectivity index (χ0v) is 14.5. The Morgan fingerprint density at radius 2 is 1.60 bits per heavy atom. The summed E-state index contributed by atoms with van der Waals surface area (Å²) in [4.78, 5) is 24.2. The van der Waals surface area contributed by atoms with E-state index in [0.29, 0.717) is 24.2 Å². The largest absolute Gasteiger partial charge is 0.395 e. The summed E-state index contributed by atoms with van der Waals surface area (Å²) >= 11 is 0. The van der Waals surface area contributed by atoms with E-state index in [9.17, 15) is 9.59 Å². The number of hydrogen-bond acceptors (Lipinski definition) is 4. The molecule has 2 rings (SSSR count). The molecule has 25 heavy (non-hydrogen) atoms. The SMILES string of the molecule is CCN(CCO)C(=O)c1ccccc1.Cc1ccc(C(=O)NO)cc1. The van der Waals surface area contributed by atoms with Gasteiger partial charge in [0.15, 0.2) is 0 Å². The number of hydroxylamine groups is 1. The monoisotopic (exact) mass is 344 g/mol. The van der Waals surface area contributed by atoms with Crippen molar-refractivity contribution in [2.75, 3.05) is 19.7 Å². The van der Waals surface area contributed by atoms with Gasteiger partial charge in [0.1, 0.15) is 0 Å². The first kappa shape index (κ1) is 20.3. The van der Waals surface area contributed by atoms with Crippen LogP contribution in [-0.2, 0) is 0 Å². The molecule has 0 spiro atoms. The van der Waals surface area contributed by atoms with Gasteiger partial charge < -0.3 is 10.0 Å². The average Bonchev–Trinajstić information content (AvgIpc) is 2.66. The number of nitrogens with zero attached hydrogens (tertiary/aromatic N) is 1. The summed E-state index contributed by atoms with van der Waals surface area (Å²) in [6, 6.07) is 16.0. The molecule has 0 unspecified atom stereocenters. The lowest BCUT2D eigenvalue weighted by atomic mass is 10.1. The number of carbonyl (C=O) groups is 2. The molecule has 0 aromatic heterocycles. The van der Waals surface area contributed by atoms with Crippen LogP contribution in [0, 0.1) is 6.92 Å². The third-order valence-corrected chi connectivity index (χ3v) is 3.47. The standard InChI is InChI=1S/C11H15NO2.C8H9NO2/c1-2-12(8-9-13)11(14)10-6-4-3-5-7-10;1-6-2-4-7(5-3-6)8(10)9-11/h3-7,13H,2,8-9H2,1H3;2-5,11H,1H3,(H,9,10). The van der Waals surface area contributed by atoms with E-state index >= 15 is 0 Å². The molecule has 0 saturated heterocycles. The van der Waals surface area contributed by atoms with Gasteiger partial charge in [-0.15, -0.1) is 0 Å². The Hall–Kier alpha value is -2.70. The van der Waals surface area contributed by atoms with Crippen LogP contribution in [0.3, 0.4) is 0 Å². The maximum atomic E-state index is 11.8. The minimum absolute atomic E-state index is 0.00636. The van der Waals surface area contributed by atoms with Gasteiger partial charge in [0.25, 0.3) is 11.8 Å². The number of aryl methyl sites for hydroxylation is 1. The van der Waals surface area contributed by atoms with Gasteiger partial charge in [0.2, 0.25) is 0 Å². The van der Waals surface area contributed by atoms with Crippen LogP contribution < -0.4 is 5.48 Å². The second-order valence-corrected chi connectivity index (χ2v) is 5.28. The average molecular weight is 344 g/mol. The molecule has 0 fully saturated rings. The number of hydrogen-bond donors (Lipinski definition) is 3. The second kappa shape index (κ2) is 11.0. The predicted octanol–water partition coefficient (Wildman–Crippen LogP) is 2.26. The van der Waals surface area contributed by atoms with Gasteiger partial charge in [0.05, 0.1) is 6.61 Å². The summed E-state index contributed by atoms with van der Waals surface area (Å²) in [5.41, 5.74) is 3.77. The van der Waals surface area contributed by atoms with Crippen molar-refractivity contribution in [1.82, 2.24) is 10.4 Å². The summed E-state index contributed by atoms with van der Waals surface area (Å²) in [6.45, 7) is 4.85. The predicted molar refractivity (Wildman–Crippen MR) is 95.5 cm³/mol. The highest BCUT2D eigenvalue weighted by Gasteiger charge is 2.12. The van der Waals surface area contributed by atoms with Crippen LogP contribution in [0.5, 0.6) is 0 Å². The molecule has 2 aromatic carbocycles. The Balaban J connectivity index is 0.000000257. The molecular formula is C19H24N2O4. The zero-order chi connectivity index (χ0) is 18.7. The number of aliphatic hydroxyl groups excluding tert-OH is 1.